The van der Waals surface area contributed by atoms with Crippen LogP contribution in [0.15, 0.2) is 42.7 Å². The Morgan fingerprint density at radius 1 is 0.931 bits per heavy atom. The highest BCUT2D eigenvalue weighted by molar-refractivity contribution is 5.95. The summed E-state index contributed by atoms with van der Waals surface area (Å²) < 4.78 is 36.5. The number of halogens is 3. The monoisotopic (exact) mass is 407 g/mol. The molecule has 0 aliphatic heterocycles. The van der Waals surface area contributed by atoms with Crippen LogP contribution in [0.4, 0.5) is 19.1 Å². The number of hydrogen-bond acceptors (Lipinski definition) is 5. The van der Waals surface area contributed by atoms with Crippen LogP contribution in [0, 0.1) is 0 Å². The van der Waals surface area contributed by atoms with Crippen LogP contribution in [-0.2, 0) is 10.3 Å². The minimum Gasteiger partial charge on any atom is -0.345 e. The molecule has 1 saturated carbocycles. The molecule has 1 fully saturated rings. The molecule has 0 atom stereocenters. The number of benzene rings is 1. The summed E-state index contributed by atoms with van der Waals surface area (Å²) in [6, 6.07) is 9.97. The molecule has 0 bridgehead atoms. The third-order valence-electron chi connectivity index (χ3n) is 4.85. The predicted octanol–water partition coefficient (Wildman–Crippen LogP) is 3.07. The van der Waals surface area contributed by atoms with Crippen molar-refractivity contribution in [2.45, 2.75) is 43.8 Å². The number of hydrogen-bond donors (Lipinski definition) is 3. The van der Waals surface area contributed by atoms with Crippen LogP contribution in [-0.4, -0.2) is 28.0 Å². The first-order valence-corrected chi connectivity index (χ1v) is 9.13. The lowest BCUT2D eigenvalue weighted by atomic mass is 9.76. The molecule has 1 aliphatic carbocycles. The Hall–Kier alpha value is -3.17. The normalized spacial score (nSPS) is 16.0. The van der Waals surface area contributed by atoms with E-state index in [2.05, 4.69) is 15.3 Å². The molecule has 3 N–H and O–H groups in total. The highest BCUT2D eigenvalue weighted by atomic mass is 19.4. The standard InChI is InChI=1S/C19H20F3N5O2/c20-19(21,22)16(29)27-26-15(28)13-11-23-17(24-12-13)25-18(9-5-2-6-10-18)14-7-3-1-4-8-14/h1,3-4,7-8,11-12H,2,5-6,9-10H2,(H,26,28)(H,27,29)(H,23,24,25). The lowest BCUT2D eigenvalue weighted by Gasteiger charge is -2.38. The third kappa shape index (κ3) is 5.01. The fourth-order valence-corrected chi connectivity index (χ4v) is 3.38. The molecular formula is C19H20F3N5O2. The van der Waals surface area contributed by atoms with E-state index in [1.807, 2.05) is 30.3 Å². The summed E-state index contributed by atoms with van der Waals surface area (Å²) in [4.78, 5) is 30.9. The third-order valence-corrected chi connectivity index (χ3v) is 4.85. The maximum atomic E-state index is 12.2. The molecule has 0 spiro atoms. The molecule has 0 saturated heterocycles. The van der Waals surface area contributed by atoms with E-state index in [9.17, 15) is 22.8 Å². The SMILES string of the molecule is O=C(NNC(=O)C(F)(F)F)c1cnc(NC2(c3ccccc3)CCCCC2)nc1. The lowest BCUT2D eigenvalue weighted by molar-refractivity contribution is -0.174. The Balaban J connectivity index is 1.69. The van der Waals surface area contributed by atoms with Gasteiger partial charge in [-0.3, -0.25) is 20.4 Å². The Bertz CT molecular complexity index is 850. The van der Waals surface area contributed by atoms with Crippen molar-refractivity contribution in [3.05, 3.63) is 53.9 Å². The van der Waals surface area contributed by atoms with Crippen molar-refractivity contribution in [3.8, 4) is 0 Å². The van der Waals surface area contributed by atoms with Crippen LogP contribution in [0.25, 0.3) is 0 Å². The first-order chi connectivity index (χ1) is 13.8. The molecule has 0 radical (unpaired) electrons. The van der Waals surface area contributed by atoms with Crippen LogP contribution < -0.4 is 16.2 Å². The van der Waals surface area contributed by atoms with Gasteiger partial charge in [0.2, 0.25) is 5.95 Å². The molecule has 1 aromatic carbocycles. The van der Waals surface area contributed by atoms with Gasteiger partial charge in [-0.05, 0) is 18.4 Å². The number of nitrogens with one attached hydrogen (secondary N) is 3. The molecule has 3 rings (SSSR count). The first kappa shape index (κ1) is 20.6. The summed E-state index contributed by atoms with van der Waals surface area (Å²) in [5.41, 5.74) is 3.70. The number of amides is 2. The van der Waals surface area contributed by atoms with E-state index in [4.69, 9.17) is 0 Å². The van der Waals surface area contributed by atoms with Crippen molar-refractivity contribution >= 4 is 17.8 Å². The van der Waals surface area contributed by atoms with Crippen LogP contribution in [0.3, 0.4) is 0 Å². The summed E-state index contributed by atoms with van der Waals surface area (Å²) >= 11 is 0. The van der Waals surface area contributed by atoms with Gasteiger partial charge in [0.05, 0.1) is 11.1 Å². The molecule has 10 heteroatoms. The molecular weight excluding hydrogens is 387 g/mol. The number of carbonyl (C=O) groups excluding carboxylic acids is 2. The minimum absolute atomic E-state index is 0.0876. The summed E-state index contributed by atoms with van der Waals surface area (Å²) in [6.45, 7) is 0. The Kier molecular flexibility index (Phi) is 6.00. The molecule has 0 unspecified atom stereocenters. The van der Waals surface area contributed by atoms with Crippen molar-refractivity contribution < 1.29 is 22.8 Å². The quantitative estimate of drug-likeness (QED) is 0.677. The van der Waals surface area contributed by atoms with Gasteiger partial charge in [0.25, 0.3) is 5.91 Å². The fourth-order valence-electron chi connectivity index (χ4n) is 3.38. The van der Waals surface area contributed by atoms with Crippen LogP contribution in [0.1, 0.15) is 48.0 Å². The number of hydrazine groups is 1. The summed E-state index contributed by atoms with van der Waals surface area (Å²) in [5, 5.41) is 3.37. The van der Waals surface area contributed by atoms with Gasteiger partial charge in [-0.2, -0.15) is 13.2 Å². The second-order valence-corrected chi connectivity index (χ2v) is 6.84. The van der Waals surface area contributed by atoms with Gasteiger partial charge in [0, 0.05) is 12.4 Å². The maximum Gasteiger partial charge on any atom is 0.472 e. The van der Waals surface area contributed by atoms with Gasteiger partial charge >= 0.3 is 12.1 Å². The molecule has 154 valence electrons. The van der Waals surface area contributed by atoms with Crippen molar-refractivity contribution in [1.29, 1.82) is 0 Å². The maximum absolute atomic E-state index is 12.2. The molecule has 2 aromatic rings. The zero-order chi connectivity index (χ0) is 20.9. The van der Waals surface area contributed by atoms with Crippen molar-refractivity contribution in [2.24, 2.45) is 0 Å². The number of carbonyl (C=O) groups is 2. The largest absolute Gasteiger partial charge is 0.472 e. The highest BCUT2D eigenvalue weighted by Crippen LogP contribution is 2.39. The van der Waals surface area contributed by atoms with Gasteiger partial charge in [-0.1, -0.05) is 49.6 Å². The number of anilines is 1. The van der Waals surface area contributed by atoms with Crippen molar-refractivity contribution in [2.75, 3.05) is 5.32 Å². The summed E-state index contributed by atoms with van der Waals surface area (Å²) in [5.74, 6) is -2.91. The minimum atomic E-state index is -5.09. The second-order valence-electron chi connectivity index (χ2n) is 6.84. The van der Waals surface area contributed by atoms with Crippen molar-refractivity contribution in [3.63, 3.8) is 0 Å². The van der Waals surface area contributed by atoms with E-state index in [-0.39, 0.29) is 11.1 Å². The van der Waals surface area contributed by atoms with E-state index in [1.165, 1.54) is 17.8 Å². The predicted molar refractivity (Wildman–Crippen MR) is 98.5 cm³/mol. The Labute approximate surface area is 165 Å². The van der Waals surface area contributed by atoms with Gasteiger partial charge in [-0.15, -0.1) is 0 Å². The van der Waals surface area contributed by atoms with Gasteiger partial charge in [-0.25, -0.2) is 9.97 Å². The second kappa shape index (κ2) is 8.46. The Morgan fingerprint density at radius 2 is 1.55 bits per heavy atom. The molecule has 1 heterocycles. The van der Waals surface area contributed by atoms with Gasteiger partial charge in [0.1, 0.15) is 0 Å². The van der Waals surface area contributed by atoms with Crippen LogP contribution in [0.2, 0.25) is 0 Å². The van der Waals surface area contributed by atoms with E-state index in [0.29, 0.717) is 5.95 Å². The van der Waals surface area contributed by atoms with Gasteiger partial charge < -0.3 is 5.32 Å². The molecule has 7 nitrogen and oxygen atoms in total. The number of alkyl halides is 3. The zero-order valence-corrected chi connectivity index (χ0v) is 15.4. The highest BCUT2D eigenvalue weighted by Gasteiger charge is 2.39. The van der Waals surface area contributed by atoms with Crippen LogP contribution >= 0.6 is 0 Å². The molecule has 2 amide bonds. The van der Waals surface area contributed by atoms with E-state index in [1.54, 1.807) is 5.43 Å². The zero-order valence-electron chi connectivity index (χ0n) is 15.4. The van der Waals surface area contributed by atoms with Crippen LogP contribution in [0.5, 0.6) is 0 Å². The first-order valence-electron chi connectivity index (χ1n) is 9.13. The van der Waals surface area contributed by atoms with Crippen molar-refractivity contribution in [1.82, 2.24) is 20.8 Å². The van der Waals surface area contributed by atoms with E-state index >= 15 is 0 Å². The molecule has 1 aromatic heterocycles. The fraction of sp³-hybridized carbons (Fsp3) is 0.368. The summed E-state index contributed by atoms with van der Waals surface area (Å²) in [7, 11) is 0. The Morgan fingerprint density at radius 3 is 2.14 bits per heavy atom. The number of rotatable bonds is 4. The lowest BCUT2D eigenvalue weighted by Crippen LogP contribution is -2.47. The smallest absolute Gasteiger partial charge is 0.345 e. The van der Waals surface area contributed by atoms with E-state index in [0.717, 1.165) is 37.7 Å². The average Bonchev–Trinajstić information content (AvgIpc) is 2.73. The number of aromatic nitrogens is 2. The topological polar surface area (TPSA) is 96.0 Å². The van der Waals surface area contributed by atoms with E-state index < -0.39 is 18.0 Å². The van der Waals surface area contributed by atoms with Gasteiger partial charge in [0.15, 0.2) is 0 Å². The number of nitrogens with zero attached hydrogens (tertiary/aromatic N) is 2. The summed E-state index contributed by atoms with van der Waals surface area (Å²) in [6.07, 6.45) is 2.36. The molecule has 29 heavy (non-hydrogen) atoms. The molecule has 1 aliphatic rings. The average molecular weight is 407 g/mol.